The monoisotopic (exact) mass is 279 g/mol. The lowest BCUT2D eigenvalue weighted by atomic mass is 10.0. The van der Waals surface area contributed by atoms with Crippen molar-refractivity contribution in [2.24, 2.45) is 5.92 Å². The third-order valence-corrected chi connectivity index (χ3v) is 3.20. The van der Waals surface area contributed by atoms with Crippen LogP contribution in [0.5, 0.6) is 0 Å². The van der Waals surface area contributed by atoms with Crippen LogP contribution in [0.4, 0.5) is 11.4 Å². The van der Waals surface area contributed by atoms with Gasteiger partial charge in [-0.1, -0.05) is 26.0 Å². The molecular weight excluding hydrogens is 258 g/mol. The number of para-hydroxylation sites is 2. The molecule has 6 heteroatoms. The first kappa shape index (κ1) is 15.9. The molecule has 0 spiro atoms. The summed E-state index contributed by atoms with van der Waals surface area (Å²) >= 11 is 0. The van der Waals surface area contributed by atoms with E-state index in [4.69, 9.17) is 0 Å². The fourth-order valence-electron chi connectivity index (χ4n) is 1.97. The van der Waals surface area contributed by atoms with Gasteiger partial charge in [0.15, 0.2) is 0 Å². The molecule has 0 aliphatic rings. The minimum atomic E-state index is -0.425. The Morgan fingerprint density at radius 2 is 1.90 bits per heavy atom. The van der Waals surface area contributed by atoms with E-state index in [0.29, 0.717) is 18.8 Å². The van der Waals surface area contributed by atoms with Crippen molar-refractivity contribution in [3.8, 4) is 0 Å². The SMILES string of the molecule is CCC(CC)C(=O)NCCNc1ccccc1[N+](=O)[O-]. The molecule has 0 fully saturated rings. The molecule has 0 unspecified atom stereocenters. The van der Waals surface area contributed by atoms with E-state index in [1.165, 1.54) is 6.07 Å². The predicted octanol–water partition coefficient (Wildman–Crippen LogP) is 2.56. The molecule has 0 radical (unpaired) electrons. The highest BCUT2D eigenvalue weighted by molar-refractivity contribution is 5.78. The Bertz CT molecular complexity index is 459. The first-order chi connectivity index (χ1) is 9.60. The Morgan fingerprint density at radius 3 is 2.50 bits per heavy atom. The molecular formula is C14H21N3O3. The number of nitro benzene ring substituents is 1. The van der Waals surface area contributed by atoms with Gasteiger partial charge in [-0.3, -0.25) is 14.9 Å². The highest BCUT2D eigenvalue weighted by Gasteiger charge is 2.14. The first-order valence-corrected chi connectivity index (χ1v) is 6.85. The number of nitro groups is 1. The van der Waals surface area contributed by atoms with Gasteiger partial charge < -0.3 is 10.6 Å². The third-order valence-electron chi connectivity index (χ3n) is 3.20. The smallest absolute Gasteiger partial charge is 0.292 e. The van der Waals surface area contributed by atoms with E-state index in [1.54, 1.807) is 18.2 Å². The van der Waals surface area contributed by atoms with Gasteiger partial charge in [-0.05, 0) is 18.9 Å². The summed E-state index contributed by atoms with van der Waals surface area (Å²) in [6.07, 6.45) is 1.64. The molecule has 1 aromatic carbocycles. The zero-order valence-corrected chi connectivity index (χ0v) is 11.9. The summed E-state index contributed by atoms with van der Waals surface area (Å²) in [6, 6.07) is 6.46. The van der Waals surface area contributed by atoms with Crippen LogP contribution in [-0.2, 0) is 4.79 Å². The summed E-state index contributed by atoms with van der Waals surface area (Å²) in [7, 11) is 0. The lowest BCUT2D eigenvalue weighted by Gasteiger charge is -2.13. The average molecular weight is 279 g/mol. The van der Waals surface area contributed by atoms with Gasteiger partial charge >= 0.3 is 0 Å². The van der Waals surface area contributed by atoms with E-state index >= 15 is 0 Å². The van der Waals surface area contributed by atoms with Gasteiger partial charge in [-0.2, -0.15) is 0 Å². The predicted molar refractivity (Wildman–Crippen MR) is 78.7 cm³/mol. The molecule has 0 heterocycles. The van der Waals surface area contributed by atoms with Gasteiger partial charge in [0, 0.05) is 25.1 Å². The average Bonchev–Trinajstić information content (AvgIpc) is 2.45. The highest BCUT2D eigenvalue weighted by Crippen LogP contribution is 2.22. The van der Waals surface area contributed by atoms with E-state index in [-0.39, 0.29) is 17.5 Å². The van der Waals surface area contributed by atoms with Crippen molar-refractivity contribution in [2.45, 2.75) is 26.7 Å². The fourth-order valence-corrected chi connectivity index (χ4v) is 1.97. The number of nitrogens with zero attached hydrogens (tertiary/aromatic N) is 1. The maximum absolute atomic E-state index is 11.7. The maximum Gasteiger partial charge on any atom is 0.292 e. The van der Waals surface area contributed by atoms with E-state index in [1.807, 2.05) is 13.8 Å². The number of hydrogen-bond acceptors (Lipinski definition) is 4. The molecule has 0 atom stereocenters. The number of carbonyl (C=O) groups is 1. The van der Waals surface area contributed by atoms with Gasteiger partial charge in [-0.15, -0.1) is 0 Å². The zero-order valence-electron chi connectivity index (χ0n) is 11.9. The molecule has 0 saturated heterocycles. The third kappa shape index (κ3) is 4.53. The molecule has 1 aromatic rings. The molecule has 6 nitrogen and oxygen atoms in total. The number of hydrogen-bond donors (Lipinski definition) is 2. The number of anilines is 1. The maximum atomic E-state index is 11.7. The number of rotatable bonds is 8. The van der Waals surface area contributed by atoms with Crippen LogP contribution in [0.1, 0.15) is 26.7 Å². The molecule has 20 heavy (non-hydrogen) atoms. The lowest BCUT2D eigenvalue weighted by Crippen LogP contribution is -2.33. The van der Waals surface area contributed by atoms with Crippen molar-refractivity contribution >= 4 is 17.3 Å². The normalized spacial score (nSPS) is 10.3. The number of nitrogens with one attached hydrogen (secondary N) is 2. The minimum Gasteiger partial charge on any atom is -0.378 e. The van der Waals surface area contributed by atoms with Crippen LogP contribution in [0.15, 0.2) is 24.3 Å². The Balaban J connectivity index is 2.42. The molecule has 0 aromatic heterocycles. The van der Waals surface area contributed by atoms with Crippen LogP contribution < -0.4 is 10.6 Å². The standard InChI is InChI=1S/C14H21N3O3/c1-3-11(4-2)14(18)16-10-9-15-12-7-5-6-8-13(12)17(19)20/h5-8,11,15H,3-4,9-10H2,1-2H3,(H,16,18). The second-order valence-electron chi connectivity index (χ2n) is 4.51. The summed E-state index contributed by atoms with van der Waals surface area (Å²) in [6.45, 7) is 4.87. The number of benzene rings is 1. The van der Waals surface area contributed by atoms with Crippen LogP contribution >= 0.6 is 0 Å². The van der Waals surface area contributed by atoms with Gasteiger partial charge in [0.25, 0.3) is 5.69 Å². The number of amides is 1. The largest absolute Gasteiger partial charge is 0.378 e. The van der Waals surface area contributed by atoms with Crippen molar-refractivity contribution < 1.29 is 9.72 Å². The Kier molecular flexibility index (Phi) is 6.49. The van der Waals surface area contributed by atoms with Crippen LogP contribution in [0.2, 0.25) is 0 Å². The van der Waals surface area contributed by atoms with E-state index in [0.717, 1.165) is 12.8 Å². The number of carbonyl (C=O) groups excluding carboxylic acids is 1. The molecule has 0 saturated carbocycles. The van der Waals surface area contributed by atoms with E-state index < -0.39 is 4.92 Å². The summed E-state index contributed by atoms with van der Waals surface area (Å²) in [4.78, 5) is 22.1. The molecule has 110 valence electrons. The quantitative estimate of drug-likeness (QED) is 0.435. The summed E-state index contributed by atoms with van der Waals surface area (Å²) in [5, 5.41) is 16.6. The minimum absolute atomic E-state index is 0.0406. The van der Waals surface area contributed by atoms with Gasteiger partial charge in [0.2, 0.25) is 5.91 Å². The van der Waals surface area contributed by atoms with Crippen LogP contribution in [0.3, 0.4) is 0 Å². The summed E-state index contributed by atoms with van der Waals surface area (Å²) < 4.78 is 0. The van der Waals surface area contributed by atoms with Crippen LogP contribution in [0, 0.1) is 16.0 Å². The van der Waals surface area contributed by atoms with Crippen molar-refractivity contribution in [3.63, 3.8) is 0 Å². The Morgan fingerprint density at radius 1 is 1.25 bits per heavy atom. The molecule has 0 aliphatic heterocycles. The van der Waals surface area contributed by atoms with Gasteiger partial charge in [0.1, 0.15) is 5.69 Å². The molecule has 1 amide bonds. The zero-order chi connectivity index (χ0) is 15.0. The fraction of sp³-hybridized carbons (Fsp3) is 0.500. The van der Waals surface area contributed by atoms with Crippen molar-refractivity contribution in [2.75, 3.05) is 18.4 Å². The topological polar surface area (TPSA) is 84.3 Å². The van der Waals surface area contributed by atoms with Gasteiger partial charge in [0.05, 0.1) is 4.92 Å². The van der Waals surface area contributed by atoms with Crippen LogP contribution in [-0.4, -0.2) is 23.9 Å². The van der Waals surface area contributed by atoms with Gasteiger partial charge in [-0.25, -0.2) is 0 Å². The molecule has 2 N–H and O–H groups in total. The molecule has 0 aliphatic carbocycles. The Labute approximate surface area is 118 Å². The van der Waals surface area contributed by atoms with Crippen molar-refractivity contribution in [1.29, 1.82) is 0 Å². The van der Waals surface area contributed by atoms with E-state index in [2.05, 4.69) is 10.6 Å². The first-order valence-electron chi connectivity index (χ1n) is 6.85. The van der Waals surface area contributed by atoms with Crippen molar-refractivity contribution in [1.82, 2.24) is 5.32 Å². The van der Waals surface area contributed by atoms with E-state index in [9.17, 15) is 14.9 Å². The summed E-state index contributed by atoms with van der Waals surface area (Å²) in [5.41, 5.74) is 0.508. The second kappa shape index (κ2) is 8.14. The van der Waals surface area contributed by atoms with Crippen LogP contribution in [0.25, 0.3) is 0 Å². The second-order valence-corrected chi connectivity index (χ2v) is 4.51. The Hall–Kier alpha value is -2.11. The molecule has 1 rings (SSSR count). The lowest BCUT2D eigenvalue weighted by molar-refractivity contribution is -0.384. The molecule has 0 bridgehead atoms. The van der Waals surface area contributed by atoms with Crippen molar-refractivity contribution in [3.05, 3.63) is 34.4 Å². The summed E-state index contributed by atoms with van der Waals surface area (Å²) in [5.74, 6) is 0.0837. The highest BCUT2D eigenvalue weighted by atomic mass is 16.6.